The Balaban J connectivity index is 1.15. The Hall–Kier alpha value is -3.45. The maximum atomic E-state index is 12.9. The number of hydrogen-bond acceptors (Lipinski definition) is 6. The molecule has 0 radical (unpaired) electrons. The fraction of sp³-hybridized carbons (Fsp3) is 0.526. The summed E-state index contributed by atoms with van der Waals surface area (Å²) in [5, 5.41) is 14.5. The number of halogens is 1. The second kappa shape index (κ2) is 12.3. The summed E-state index contributed by atoms with van der Waals surface area (Å²) in [6.45, 7) is 7.77. The van der Waals surface area contributed by atoms with Gasteiger partial charge in [-0.25, -0.2) is 4.79 Å². The molecule has 3 aromatic rings. The number of aliphatic carboxylic acids is 1. The standard InChI is InChI=1S/C38H45ClN2O5/c1-23(21-44-32-10-15-40-31-9-4-6-24(2)35(31)32)16-27-17-26-18-34-33(45-22-25(3)46-34)20-30(26)37(27)11-13-38(14-12-37,36(42)43)41-29-8-5-7-28(39)19-29/h5,7-8,10,15,18-20,23-25,27,41H,4,6,9,11-14,16-17,21-22H2,1-3H3,(H,42,43)/t23-,24-,25-,27+,37?,38?/m1/s1. The lowest BCUT2D eigenvalue weighted by atomic mass is 9.59. The minimum atomic E-state index is -1.06. The number of fused-ring (bicyclic) bond motifs is 4. The number of nitrogens with one attached hydrogen (secondary N) is 1. The zero-order chi connectivity index (χ0) is 32.1. The Labute approximate surface area is 277 Å². The molecule has 4 atom stereocenters. The number of benzene rings is 2. The van der Waals surface area contributed by atoms with Gasteiger partial charge in [0.15, 0.2) is 11.5 Å². The van der Waals surface area contributed by atoms with E-state index < -0.39 is 11.5 Å². The molecule has 7 rings (SSSR count). The lowest BCUT2D eigenvalue weighted by molar-refractivity contribution is -0.144. The lowest BCUT2D eigenvalue weighted by Crippen LogP contribution is -2.53. The first kappa shape index (κ1) is 31.2. The predicted octanol–water partition coefficient (Wildman–Crippen LogP) is 8.36. The molecule has 2 heterocycles. The predicted molar refractivity (Wildman–Crippen MR) is 180 cm³/mol. The quantitative estimate of drug-likeness (QED) is 0.255. The van der Waals surface area contributed by atoms with Crippen LogP contribution in [0.4, 0.5) is 5.69 Å². The summed E-state index contributed by atoms with van der Waals surface area (Å²) in [7, 11) is 0. The number of pyridine rings is 1. The van der Waals surface area contributed by atoms with E-state index >= 15 is 0 Å². The third-order valence-electron chi connectivity index (χ3n) is 11.2. The van der Waals surface area contributed by atoms with Crippen molar-refractivity contribution in [1.29, 1.82) is 0 Å². The normalized spacial score (nSPS) is 28.7. The van der Waals surface area contributed by atoms with Gasteiger partial charge in [-0.1, -0.05) is 31.5 Å². The molecule has 244 valence electrons. The van der Waals surface area contributed by atoms with Crippen LogP contribution >= 0.6 is 11.6 Å². The van der Waals surface area contributed by atoms with Crippen molar-refractivity contribution in [2.45, 2.75) is 102 Å². The van der Waals surface area contributed by atoms with E-state index in [1.165, 1.54) is 35.2 Å². The largest absolute Gasteiger partial charge is 0.493 e. The molecule has 1 spiro atoms. The first-order valence-electron chi connectivity index (χ1n) is 17.0. The van der Waals surface area contributed by atoms with E-state index in [-0.39, 0.29) is 11.5 Å². The van der Waals surface area contributed by atoms with Crippen LogP contribution in [0, 0.1) is 11.8 Å². The van der Waals surface area contributed by atoms with Crippen LogP contribution in [-0.2, 0) is 23.1 Å². The summed E-state index contributed by atoms with van der Waals surface area (Å²) in [6, 6.07) is 13.8. The third-order valence-corrected chi connectivity index (χ3v) is 11.4. The van der Waals surface area contributed by atoms with Crippen molar-refractivity contribution < 1.29 is 24.1 Å². The van der Waals surface area contributed by atoms with Crippen molar-refractivity contribution in [2.24, 2.45) is 11.8 Å². The van der Waals surface area contributed by atoms with Gasteiger partial charge >= 0.3 is 5.97 Å². The Kier molecular flexibility index (Phi) is 8.33. The second-order valence-corrected chi connectivity index (χ2v) is 14.8. The summed E-state index contributed by atoms with van der Waals surface area (Å²) < 4.78 is 18.9. The Morgan fingerprint density at radius 1 is 1.15 bits per heavy atom. The van der Waals surface area contributed by atoms with Crippen molar-refractivity contribution in [3.05, 3.63) is 76.1 Å². The van der Waals surface area contributed by atoms with Gasteiger partial charge in [0.25, 0.3) is 0 Å². The van der Waals surface area contributed by atoms with E-state index in [1.54, 1.807) is 12.1 Å². The number of aryl methyl sites for hydroxylation is 1. The number of hydrogen-bond donors (Lipinski definition) is 2. The zero-order valence-electron chi connectivity index (χ0n) is 27.1. The maximum absolute atomic E-state index is 12.9. The van der Waals surface area contributed by atoms with Crippen LogP contribution in [0.15, 0.2) is 48.7 Å². The highest BCUT2D eigenvalue weighted by Gasteiger charge is 2.54. The van der Waals surface area contributed by atoms with Gasteiger partial charge in [-0.15, -0.1) is 0 Å². The van der Waals surface area contributed by atoms with E-state index in [9.17, 15) is 9.90 Å². The Morgan fingerprint density at radius 3 is 2.76 bits per heavy atom. The number of aromatic nitrogens is 1. The molecule has 2 N–H and O–H groups in total. The molecule has 1 saturated carbocycles. The molecule has 1 aliphatic heterocycles. The molecule has 3 aliphatic carbocycles. The third kappa shape index (κ3) is 5.69. The maximum Gasteiger partial charge on any atom is 0.329 e. The van der Waals surface area contributed by atoms with Crippen molar-refractivity contribution in [2.75, 3.05) is 18.5 Å². The number of anilines is 1. The average molecular weight is 645 g/mol. The van der Waals surface area contributed by atoms with E-state index in [4.69, 9.17) is 25.8 Å². The smallest absolute Gasteiger partial charge is 0.329 e. The van der Waals surface area contributed by atoms with Crippen molar-refractivity contribution in [3.8, 4) is 17.2 Å². The molecule has 0 amide bonds. The molecular formula is C38H45ClN2O5. The fourth-order valence-corrected chi connectivity index (χ4v) is 8.97. The second-order valence-electron chi connectivity index (χ2n) is 14.4. The molecule has 7 nitrogen and oxygen atoms in total. The highest BCUT2D eigenvalue weighted by Crippen LogP contribution is 2.58. The van der Waals surface area contributed by atoms with Crippen LogP contribution in [0.2, 0.25) is 5.02 Å². The Bertz CT molecular complexity index is 1620. The van der Waals surface area contributed by atoms with Crippen LogP contribution in [-0.4, -0.2) is 40.9 Å². The van der Waals surface area contributed by atoms with Gasteiger partial charge in [0.2, 0.25) is 0 Å². The highest BCUT2D eigenvalue weighted by atomic mass is 35.5. The van der Waals surface area contributed by atoms with Crippen LogP contribution < -0.4 is 19.5 Å². The van der Waals surface area contributed by atoms with Gasteiger partial charge in [-0.3, -0.25) is 4.98 Å². The van der Waals surface area contributed by atoms with Gasteiger partial charge in [-0.2, -0.15) is 0 Å². The molecule has 2 aromatic carbocycles. The molecule has 1 fully saturated rings. The molecule has 0 saturated heterocycles. The van der Waals surface area contributed by atoms with E-state index in [1.807, 2.05) is 31.3 Å². The number of rotatable bonds is 8. The van der Waals surface area contributed by atoms with Gasteiger partial charge < -0.3 is 24.6 Å². The van der Waals surface area contributed by atoms with Gasteiger partial charge in [0.05, 0.1) is 6.61 Å². The minimum absolute atomic E-state index is 0.0129. The number of carboxylic acid groups (broad SMARTS) is 1. The molecule has 4 aliphatic rings. The molecule has 0 unspecified atom stereocenters. The first-order chi connectivity index (χ1) is 22.2. The molecule has 0 bridgehead atoms. The number of nitrogens with zero attached hydrogens (tertiary/aromatic N) is 1. The lowest BCUT2D eigenvalue weighted by Gasteiger charge is -2.47. The van der Waals surface area contributed by atoms with Crippen LogP contribution in [0.25, 0.3) is 0 Å². The topological polar surface area (TPSA) is 89.9 Å². The average Bonchev–Trinajstić information content (AvgIpc) is 3.31. The van der Waals surface area contributed by atoms with E-state index in [0.717, 1.165) is 55.0 Å². The molecular weight excluding hydrogens is 600 g/mol. The fourth-order valence-electron chi connectivity index (χ4n) is 8.78. The highest BCUT2D eigenvalue weighted by molar-refractivity contribution is 6.30. The first-order valence-corrected chi connectivity index (χ1v) is 17.4. The van der Waals surface area contributed by atoms with Crippen LogP contribution in [0.1, 0.15) is 94.0 Å². The monoisotopic (exact) mass is 644 g/mol. The van der Waals surface area contributed by atoms with E-state index in [0.29, 0.717) is 48.8 Å². The summed E-state index contributed by atoms with van der Waals surface area (Å²) in [5.74, 6) is 2.93. The van der Waals surface area contributed by atoms with Crippen molar-refractivity contribution in [3.63, 3.8) is 0 Å². The van der Waals surface area contributed by atoms with Gasteiger partial charge in [0.1, 0.15) is 24.0 Å². The molecule has 8 heteroatoms. The summed E-state index contributed by atoms with van der Waals surface area (Å²) in [5.41, 5.74) is 4.62. The van der Waals surface area contributed by atoms with Crippen molar-refractivity contribution in [1.82, 2.24) is 4.98 Å². The SMILES string of the molecule is C[C@@H](COc1ccnc2c1[C@H](C)CCC2)C[C@H]1Cc2cc3c(cc2C12CCC(Nc1cccc(Cl)c1)(C(=O)O)CC2)OC[C@@H](C)O3. The summed E-state index contributed by atoms with van der Waals surface area (Å²) in [4.78, 5) is 17.5. The summed E-state index contributed by atoms with van der Waals surface area (Å²) >= 11 is 6.26. The van der Waals surface area contributed by atoms with Gasteiger partial charge in [-0.05, 0) is 135 Å². The summed E-state index contributed by atoms with van der Waals surface area (Å²) in [6.07, 6.45) is 9.78. The molecule has 46 heavy (non-hydrogen) atoms. The van der Waals surface area contributed by atoms with Crippen LogP contribution in [0.5, 0.6) is 17.2 Å². The van der Waals surface area contributed by atoms with Crippen molar-refractivity contribution >= 4 is 23.3 Å². The van der Waals surface area contributed by atoms with Gasteiger partial charge in [0, 0.05) is 28.2 Å². The van der Waals surface area contributed by atoms with E-state index in [2.05, 4.69) is 36.3 Å². The Morgan fingerprint density at radius 2 is 1.98 bits per heavy atom. The number of carbonyl (C=O) groups is 1. The number of ether oxygens (including phenoxy) is 3. The minimum Gasteiger partial charge on any atom is -0.493 e. The number of carboxylic acids is 1. The molecule has 1 aromatic heterocycles. The zero-order valence-corrected chi connectivity index (χ0v) is 27.9. The van der Waals surface area contributed by atoms with Crippen LogP contribution in [0.3, 0.4) is 0 Å².